The van der Waals surface area contributed by atoms with Crippen molar-refractivity contribution in [2.45, 2.75) is 45.6 Å². The van der Waals surface area contributed by atoms with Crippen LogP contribution in [0.15, 0.2) is 35.1 Å². The molecular formula is C20H24N2O3. The maximum Gasteiger partial charge on any atom is 0.251 e. The summed E-state index contributed by atoms with van der Waals surface area (Å²) in [5.41, 5.74) is 3.35. The number of amides is 1. The van der Waals surface area contributed by atoms with Gasteiger partial charge in [0.1, 0.15) is 11.9 Å². The largest absolute Gasteiger partial charge is 0.489 e. The molecule has 2 N–H and O–H groups in total. The quantitative estimate of drug-likeness (QED) is 0.879. The van der Waals surface area contributed by atoms with Crippen molar-refractivity contribution < 1.29 is 9.53 Å². The summed E-state index contributed by atoms with van der Waals surface area (Å²) in [6.07, 6.45) is 3.61. The van der Waals surface area contributed by atoms with Gasteiger partial charge in [-0.3, -0.25) is 9.59 Å². The number of fused-ring (bicyclic) bond motifs is 1. The molecule has 5 heteroatoms. The summed E-state index contributed by atoms with van der Waals surface area (Å²) >= 11 is 0. The molecule has 1 atom stereocenters. The van der Waals surface area contributed by atoms with E-state index < -0.39 is 0 Å². The summed E-state index contributed by atoms with van der Waals surface area (Å²) in [7, 11) is 0. The highest BCUT2D eigenvalue weighted by Crippen LogP contribution is 2.21. The molecule has 2 aromatic rings. The van der Waals surface area contributed by atoms with Gasteiger partial charge in [-0.2, -0.15) is 0 Å². The van der Waals surface area contributed by atoms with Crippen molar-refractivity contribution in [3.8, 4) is 5.75 Å². The Balaban J connectivity index is 1.63. The van der Waals surface area contributed by atoms with E-state index in [9.17, 15) is 9.59 Å². The molecule has 1 aliphatic rings. The van der Waals surface area contributed by atoms with Gasteiger partial charge >= 0.3 is 0 Å². The van der Waals surface area contributed by atoms with Gasteiger partial charge in [0.05, 0.1) is 6.54 Å². The first-order valence-electron chi connectivity index (χ1n) is 8.79. The second-order valence-electron chi connectivity index (χ2n) is 6.66. The van der Waals surface area contributed by atoms with E-state index in [0.29, 0.717) is 12.1 Å². The molecule has 1 aromatic heterocycles. The van der Waals surface area contributed by atoms with Crippen molar-refractivity contribution in [1.82, 2.24) is 10.3 Å². The fraction of sp³-hybridized carbons (Fsp3) is 0.400. The van der Waals surface area contributed by atoms with Gasteiger partial charge in [0.15, 0.2) is 0 Å². The number of carbonyl (C=O) groups excluding carboxylic acids is 1. The van der Waals surface area contributed by atoms with Crippen LogP contribution in [0.4, 0.5) is 0 Å². The molecule has 25 heavy (non-hydrogen) atoms. The Morgan fingerprint density at radius 3 is 2.72 bits per heavy atom. The summed E-state index contributed by atoms with van der Waals surface area (Å²) in [5.74, 6) is 0.574. The zero-order valence-electron chi connectivity index (χ0n) is 14.7. The molecule has 5 nitrogen and oxygen atoms in total. The predicted molar refractivity (Wildman–Crippen MR) is 97.3 cm³/mol. The topological polar surface area (TPSA) is 71.2 Å². The first-order chi connectivity index (χ1) is 12.0. The molecule has 0 radical (unpaired) electrons. The van der Waals surface area contributed by atoms with E-state index in [2.05, 4.69) is 10.3 Å². The third-order valence-corrected chi connectivity index (χ3v) is 4.50. The van der Waals surface area contributed by atoms with Gasteiger partial charge < -0.3 is 15.0 Å². The minimum atomic E-state index is -0.213. The molecule has 132 valence electrons. The van der Waals surface area contributed by atoms with E-state index in [1.54, 1.807) is 0 Å². The fourth-order valence-corrected chi connectivity index (χ4v) is 3.17. The van der Waals surface area contributed by atoms with Gasteiger partial charge in [-0.05, 0) is 57.2 Å². The van der Waals surface area contributed by atoms with Crippen molar-refractivity contribution in [3.63, 3.8) is 0 Å². The molecule has 0 fully saturated rings. The highest BCUT2D eigenvalue weighted by atomic mass is 16.5. The summed E-state index contributed by atoms with van der Waals surface area (Å²) in [4.78, 5) is 27.2. The SMILES string of the molecule is Cc1ccc(OC(C)CNC(=O)c2cc(=O)[nH]c3c2CCCC3)cc1. The maximum absolute atomic E-state index is 12.6. The van der Waals surface area contributed by atoms with Gasteiger partial charge in [-0.25, -0.2) is 0 Å². The second kappa shape index (κ2) is 7.55. The third-order valence-electron chi connectivity index (χ3n) is 4.50. The monoisotopic (exact) mass is 340 g/mol. The van der Waals surface area contributed by atoms with Gasteiger partial charge in [0, 0.05) is 17.3 Å². The number of nitrogens with one attached hydrogen (secondary N) is 2. The summed E-state index contributed by atoms with van der Waals surface area (Å²) in [6, 6.07) is 9.22. The van der Waals surface area contributed by atoms with E-state index >= 15 is 0 Å². The number of hydrogen-bond acceptors (Lipinski definition) is 3. The number of aryl methyl sites for hydroxylation is 2. The lowest BCUT2D eigenvalue weighted by Gasteiger charge is -2.19. The average molecular weight is 340 g/mol. The molecule has 0 aliphatic heterocycles. The van der Waals surface area contributed by atoms with Crippen LogP contribution in [0.1, 0.15) is 46.9 Å². The zero-order valence-corrected chi connectivity index (χ0v) is 14.7. The van der Waals surface area contributed by atoms with Crippen LogP contribution in [-0.4, -0.2) is 23.5 Å². The number of ether oxygens (including phenoxy) is 1. The number of aromatic nitrogens is 1. The van der Waals surface area contributed by atoms with Crippen LogP contribution in [0, 0.1) is 6.92 Å². The smallest absolute Gasteiger partial charge is 0.251 e. The number of pyridine rings is 1. The van der Waals surface area contributed by atoms with Crippen LogP contribution in [0.5, 0.6) is 5.75 Å². The van der Waals surface area contributed by atoms with Gasteiger partial charge in [-0.15, -0.1) is 0 Å². The molecule has 1 unspecified atom stereocenters. The van der Waals surface area contributed by atoms with E-state index in [1.807, 2.05) is 38.1 Å². The van der Waals surface area contributed by atoms with Crippen LogP contribution < -0.4 is 15.6 Å². The lowest BCUT2D eigenvalue weighted by molar-refractivity contribution is 0.0930. The van der Waals surface area contributed by atoms with E-state index in [1.165, 1.54) is 11.6 Å². The highest BCUT2D eigenvalue weighted by molar-refractivity contribution is 5.95. The number of H-pyrrole nitrogens is 1. The fourth-order valence-electron chi connectivity index (χ4n) is 3.17. The normalized spacial score (nSPS) is 14.5. The maximum atomic E-state index is 12.6. The minimum absolute atomic E-state index is 0.163. The first kappa shape index (κ1) is 17.3. The Labute approximate surface area is 147 Å². The van der Waals surface area contributed by atoms with Crippen LogP contribution in [0.25, 0.3) is 0 Å². The van der Waals surface area contributed by atoms with Crippen LogP contribution in [0.3, 0.4) is 0 Å². The molecule has 1 amide bonds. The van der Waals surface area contributed by atoms with E-state index in [4.69, 9.17) is 4.74 Å². The standard InChI is InChI=1S/C20H24N2O3/c1-13-7-9-15(10-8-13)25-14(2)12-21-20(24)17-11-19(23)22-18-6-4-3-5-16(17)18/h7-11,14H,3-6,12H2,1-2H3,(H,21,24)(H,22,23). The lowest BCUT2D eigenvalue weighted by atomic mass is 9.92. The number of benzene rings is 1. The van der Waals surface area contributed by atoms with Gasteiger partial charge in [0.25, 0.3) is 5.91 Å². The Kier molecular flexibility index (Phi) is 5.22. The number of aromatic amines is 1. The molecule has 0 saturated carbocycles. The Hall–Kier alpha value is -2.56. The Bertz CT molecular complexity index is 809. The van der Waals surface area contributed by atoms with Crippen molar-refractivity contribution >= 4 is 5.91 Å². The lowest BCUT2D eigenvalue weighted by Crippen LogP contribution is -2.35. The second-order valence-corrected chi connectivity index (χ2v) is 6.66. The molecule has 0 bridgehead atoms. The van der Waals surface area contributed by atoms with Crippen molar-refractivity contribution in [2.75, 3.05) is 6.54 Å². The third kappa shape index (κ3) is 4.29. The number of rotatable bonds is 5. The summed E-state index contributed by atoms with van der Waals surface area (Å²) in [6.45, 7) is 4.32. The van der Waals surface area contributed by atoms with Crippen LogP contribution >= 0.6 is 0 Å². The predicted octanol–water partition coefficient (Wildman–Crippen LogP) is 2.76. The summed E-state index contributed by atoms with van der Waals surface area (Å²) in [5, 5.41) is 2.89. The molecule has 3 rings (SSSR count). The number of carbonyl (C=O) groups is 1. The van der Waals surface area contributed by atoms with Crippen molar-refractivity contribution in [3.05, 3.63) is 63.1 Å². The van der Waals surface area contributed by atoms with Crippen molar-refractivity contribution in [1.29, 1.82) is 0 Å². The zero-order chi connectivity index (χ0) is 17.8. The van der Waals surface area contributed by atoms with E-state index in [0.717, 1.165) is 42.7 Å². The number of hydrogen-bond donors (Lipinski definition) is 2. The van der Waals surface area contributed by atoms with Gasteiger partial charge in [0.2, 0.25) is 5.56 Å². The molecular weight excluding hydrogens is 316 g/mol. The highest BCUT2D eigenvalue weighted by Gasteiger charge is 2.19. The van der Waals surface area contributed by atoms with Crippen molar-refractivity contribution in [2.24, 2.45) is 0 Å². The van der Waals surface area contributed by atoms with Crippen LogP contribution in [-0.2, 0) is 12.8 Å². The molecule has 1 aromatic carbocycles. The first-order valence-corrected chi connectivity index (χ1v) is 8.79. The summed E-state index contributed by atoms with van der Waals surface area (Å²) < 4.78 is 5.81. The van der Waals surface area contributed by atoms with Gasteiger partial charge in [-0.1, -0.05) is 17.7 Å². The molecule has 0 saturated heterocycles. The Morgan fingerprint density at radius 2 is 1.96 bits per heavy atom. The minimum Gasteiger partial charge on any atom is -0.489 e. The molecule has 0 spiro atoms. The molecule has 1 aliphatic carbocycles. The van der Waals surface area contributed by atoms with Crippen LogP contribution in [0.2, 0.25) is 0 Å². The Morgan fingerprint density at radius 1 is 1.24 bits per heavy atom. The molecule has 1 heterocycles. The van der Waals surface area contributed by atoms with E-state index in [-0.39, 0.29) is 17.6 Å². The average Bonchev–Trinajstić information content (AvgIpc) is 2.61.